The van der Waals surface area contributed by atoms with Crippen molar-refractivity contribution < 1.29 is 9.52 Å². The largest absolute Gasteiger partial charge is 0.508 e. The van der Waals surface area contributed by atoms with Crippen LogP contribution in [0.3, 0.4) is 0 Å². The molecule has 0 saturated carbocycles. The van der Waals surface area contributed by atoms with Gasteiger partial charge in [-0.2, -0.15) is 0 Å². The normalized spacial score (nSPS) is 14.4. The SMILES string of the molecule is Cc1ccc(O)c(C(C)NC(C)c2ccco2)c1. The molecule has 0 fully saturated rings. The number of aryl methyl sites for hydroxylation is 1. The zero-order valence-electron chi connectivity index (χ0n) is 11.0. The molecule has 0 aliphatic rings. The first-order valence-electron chi connectivity index (χ1n) is 6.17. The first-order chi connectivity index (χ1) is 8.58. The van der Waals surface area contributed by atoms with Gasteiger partial charge in [0.1, 0.15) is 11.5 Å². The van der Waals surface area contributed by atoms with E-state index in [9.17, 15) is 5.11 Å². The Morgan fingerprint density at radius 1 is 1.17 bits per heavy atom. The van der Waals surface area contributed by atoms with Crippen LogP contribution in [0.15, 0.2) is 41.0 Å². The van der Waals surface area contributed by atoms with E-state index in [4.69, 9.17) is 4.42 Å². The van der Waals surface area contributed by atoms with E-state index in [1.807, 2.05) is 45.0 Å². The van der Waals surface area contributed by atoms with Crippen molar-refractivity contribution in [2.24, 2.45) is 0 Å². The van der Waals surface area contributed by atoms with Crippen molar-refractivity contribution in [3.05, 3.63) is 53.5 Å². The van der Waals surface area contributed by atoms with E-state index in [1.54, 1.807) is 12.3 Å². The van der Waals surface area contributed by atoms with Crippen LogP contribution >= 0.6 is 0 Å². The Kier molecular flexibility index (Phi) is 3.72. The lowest BCUT2D eigenvalue weighted by Crippen LogP contribution is -2.22. The van der Waals surface area contributed by atoms with Gasteiger partial charge in [0.25, 0.3) is 0 Å². The molecule has 1 aromatic carbocycles. The lowest BCUT2D eigenvalue weighted by molar-refractivity contribution is 0.392. The molecule has 3 heteroatoms. The zero-order valence-corrected chi connectivity index (χ0v) is 11.0. The minimum absolute atomic E-state index is 0.0602. The first kappa shape index (κ1) is 12.7. The van der Waals surface area contributed by atoms with Gasteiger partial charge in [0.05, 0.1) is 12.3 Å². The van der Waals surface area contributed by atoms with Gasteiger partial charge in [0, 0.05) is 11.6 Å². The zero-order chi connectivity index (χ0) is 13.1. The molecule has 0 saturated heterocycles. The van der Waals surface area contributed by atoms with Gasteiger partial charge < -0.3 is 14.8 Å². The molecular weight excluding hydrogens is 226 g/mol. The summed E-state index contributed by atoms with van der Waals surface area (Å²) in [4.78, 5) is 0. The van der Waals surface area contributed by atoms with E-state index >= 15 is 0 Å². The van der Waals surface area contributed by atoms with Crippen LogP contribution in [0.25, 0.3) is 0 Å². The summed E-state index contributed by atoms with van der Waals surface area (Å²) in [6.45, 7) is 6.10. The van der Waals surface area contributed by atoms with Crippen molar-refractivity contribution in [2.75, 3.05) is 0 Å². The fourth-order valence-electron chi connectivity index (χ4n) is 2.11. The molecule has 2 unspecified atom stereocenters. The number of nitrogens with one attached hydrogen (secondary N) is 1. The van der Waals surface area contributed by atoms with E-state index in [2.05, 4.69) is 5.32 Å². The number of hydrogen-bond acceptors (Lipinski definition) is 3. The van der Waals surface area contributed by atoms with Crippen molar-refractivity contribution in [1.29, 1.82) is 0 Å². The molecule has 2 atom stereocenters. The summed E-state index contributed by atoms with van der Waals surface area (Å²) >= 11 is 0. The molecule has 3 nitrogen and oxygen atoms in total. The number of furan rings is 1. The standard InChI is InChI=1S/C15H19NO2/c1-10-6-7-14(17)13(9-10)11(2)16-12(3)15-5-4-8-18-15/h4-9,11-12,16-17H,1-3H3. The number of phenols is 1. The summed E-state index contributed by atoms with van der Waals surface area (Å²) in [6, 6.07) is 9.63. The maximum absolute atomic E-state index is 9.89. The van der Waals surface area contributed by atoms with Gasteiger partial charge in [0.2, 0.25) is 0 Å². The third kappa shape index (κ3) is 2.74. The van der Waals surface area contributed by atoms with Crippen molar-refractivity contribution in [1.82, 2.24) is 5.32 Å². The third-order valence-corrected chi connectivity index (χ3v) is 3.12. The molecule has 1 aromatic heterocycles. The van der Waals surface area contributed by atoms with E-state index in [-0.39, 0.29) is 12.1 Å². The molecule has 0 aliphatic heterocycles. The molecule has 0 spiro atoms. The average Bonchev–Trinajstić information content (AvgIpc) is 2.85. The predicted molar refractivity (Wildman–Crippen MR) is 71.5 cm³/mol. The fourth-order valence-corrected chi connectivity index (χ4v) is 2.11. The molecule has 2 aromatic rings. The highest BCUT2D eigenvalue weighted by atomic mass is 16.3. The van der Waals surface area contributed by atoms with Gasteiger partial charge >= 0.3 is 0 Å². The van der Waals surface area contributed by atoms with Gasteiger partial charge in [0.15, 0.2) is 0 Å². The molecule has 96 valence electrons. The van der Waals surface area contributed by atoms with E-state index < -0.39 is 0 Å². The van der Waals surface area contributed by atoms with Gasteiger partial charge in [-0.3, -0.25) is 0 Å². The Bertz CT molecular complexity index is 505. The number of hydrogen-bond donors (Lipinski definition) is 2. The summed E-state index contributed by atoms with van der Waals surface area (Å²) in [5.41, 5.74) is 2.05. The summed E-state index contributed by atoms with van der Waals surface area (Å²) < 4.78 is 5.36. The molecule has 0 aliphatic carbocycles. The second-order valence-electron chi connectivity index (χ2n) is 4.69. The van der Waals surface area contributed by atoms with Gasteiger partial charge in [-0.15, -0.1) is 0 Å². The fraction of sp³-hybridized carbons (Fsp3) is 0.333. The minimum Gasteiger partial charge on any atom is -0.508 e. The smallest absolute Gasteiger partial charge is 0.120 e. The molecule has 2 N–H and O–H groups in total. The van der Waals surface area contributed by atoms with E-state index in [0.29, 0.717) is 5.75 Å². The van der Waals surface area contributed by atoms with Crippen LogP contribution in [0.5, 0.6) is 5.75 Å². The molecule has 1 heterocycles. The quantitative estimate of drug-likeness (QED) is 0.863. The monoisotopic (exact) mass is 245 g/mol. The number of aromatic hydroxyl groups is 1. The summed E-state index contributed by atoms with van der Waals surface area (Å²) in [5.74, 6) is 1.22. The topological polar surface area (TPSA) is 45.4 Å². The first-order valence-corrected chi connectivity index (χ1v) is 6.17. The average molecular weight is 245 g/mol. The van der Waals surface area contributed by atoms with Crippen LogP contribution in [0, 0.1) is 6.92 Å². The molecule has 0 radical (unpaired) electrons. The molecule has 18 heavy (non-hydrogen) atoms. The minimum atomic E-state index is 0.0602. The highest BCUT2D eigenvalue weighted by Crippen LogP contribution is 2.27. The molecule has 0 bridgehead atoms. The lowest BCUT2D eigenvalue weighted by Gasteiger charge is -2.20. The van der Waals surface area contributed by atoms with Crippen molar-refractivity contribution in [2.45, 2.75) is 32.9 Å². The number of rotatable bonds is 4. The molecule has 2 rings (SSSR count). The number of phenolic OH excluding ortho intramolecular Hbond substituents is 1. The second-order valence-corrected chi connectivity index (χ2v) is 4.69. The van der Waals surface area contributed by atoms with Crippen LogP contribution in [0.2, 0.25) is 0 Å². The van der Waals surface area contributed by atoms with Crippen LogP contribution in [0.4, 0.5) is 0 Å². The maximum Gasteiger partial charge on any atom is 0.120 e. The Morgan fingerprint density at radius 3 is 2.61 bits per heavy atom. The number of benzene rings is 1. The Morgan fingerprint density at radius 2 is 1.94 bits per heavy atom. The highest BCUT2D eigenvalue weighted by Gasteiger charge is 2.15. The predicted octanol–water partition coefficient (Wildman–Crippen LogP) is 3.71. The van der Waals surface area contributed by atoms with E-state index in [1.165, 1.54) is 0 Å². The second kappa shape index (κ2) is 5.27. The van der Waals surface area contributed by atoms with Crippen LogP contribution in [-0.4, -0.2) is 5.11 Å². The van der Waals surface area contributed by atoms with Gasteiger partial charge in [-0.1, -0.05) is 17.7 Å². The Labute approximate surface area is 107 Å². The van der Waals surface area contributed by atoms with E-state index in [0.717, 1.165) is 16.9 Å². The lowest BCUT2D eigenvalue weighted by atomic mass is 10.0. The summed E-state index contributed by atoms with van der Waals surface area (Å²) in [5, 5.41) is 13.3. The highest BCUT2D eigenvalue weighted by molar-refractivity contribution is 5.37. The molecule has 0 amide bonds. The Balaban J connectivity index is 2.12. The van der Waals surface area contributed by atoms with Crippen molar-refractivity contribution in [3.8, 4) is 5.75 Å². The van der Waals surface area contributed by atoms with Gasteiger partial charge in [-0.25, -0.2) is 0 Å². The Hall–Kier alpha value is -1.74. The summed E-state index contributed by atoms with van der Waals surface area (Å²) in [7, 11) is 0. The molecular formula is C15H19NO2. The van der Waals surface area contributed by atoms with Crippen LogP contribution in [0.1, 0.15) is 42.8 Å². The van der Waals surface area contributed by atoms with Crippen molar-refractivity contribution >= 4 is 0 Å². The van der Waals surface area contributed by atoms with Gasteiger partial charge in [-0.05, 0) is 39.0 Å². The maximum atomic E-state index is 9.89. The van der Waals surface area contributed by atoms with Crippen molar-refractivity contribution in [3.63, 3.8) is 0 Å². The summed E-state index contributed by atoms with van der Waals surface area (Å²) in [6.07, 6.45) is 1.67. The van der Waals surface area contributed by atoms with Crippen LogP contribution in [-0.2, 0) is 0 Å². The van der Waals surface area contributed by atoms with Crippen LogP contribution < -0.4 is 5.32 Å². The third-order valence-electron chi connectivity index (χ3n) is 3.12.